The first kappa shape index (κ1) is 35.2. The van der Waals surface area contributed by atoms with Gasteiger partial charge in [-0.2, -0.15) is 8.42 Å². The number of fused-ring (bicyclic) bond motifs is 1. The Kier molecular flexibility index (Phi) is 10.2. The van der Waals surface area contributed by atoms with Gasteiger partial charge in [0.2, 0.25) is 0 Å². The Morgan fingerprint density at radius 1 is 0.706 bits per heavy atom. The van der Waals surface area contributed by atoms with Gasteiger partial charge in [0.15, 0.2) is 12.1 Å². The molecule has 0 spiro atoms. The molecule has 5 atom stereocenters. The fourth-order valence-corrected chi connectivity index (χ4v) is 7.91. The van der Waals surface area contributed by atoms with Gasteiger partial charge in [0.05, 0.1) is 18.1 Å². The van der Waals surface area contributed by atoms with Crippen molar-refractivity contribution >= 4 is 10.1 Å². The second-order valence-corrected chi connectivity index (χ2v) is 14.9. The highest BCUT2D eigenvalue weighted by molar-refractivity contribution is 7.86. The molecule has 9 heteroatoms. The first-order chi connectivity index (χ1) is 24.6. The van der Waals surface area contributed by atoms with E-state index in [-0.39, 0.29) is 18.1 Å². The van der Waals surface area contributed by atoms with Gasteiger partial charge < -0.3 is 23.7 Å². The Balaban J connectivity index is 1.31. The molecule has 2 heterocycles. The van der Waals surface area contributed by atoms with Crippen molar-refractivity contribution in [3.05, 3.63) is 173 Å². The summed E-state index contributed by atoms with van der Waals surface area (Å²) in [7, 11) is -4.31. The third-order valence-electron chi connectivity index (χ3n) is 9.24. The van der Waals surface area contributed by atoms with E-state index in [9.17, 15) is 8.42 Å². The lowest BCUT2D eigenvalue weighted by atomic mass is 9.80. The maximum absolute atomic E-state index is 14.0. The van der Waals surface area contributed by atoms with Gasteiger partial charge in [-0.15, -0.1) is 0 Å². The molecule has 0 bridgehead atoms. The molecule has 2 saturated heterocycles. The van der Waals surface area contributed by atoms with Crippen LogP contribution in [0.2, 0.25) is 0 Å². The van der Waals surface area contributed by atoms with Crippen molar-refractivity contribution in [3.8, 4) is 0 Å². The van der Waals surface area contributed by atoms with Crippen molar-refractivity contribution in [2.24, 2.45) is 0 Å². The van der Waals surface area contributed by atoms with Crippen molar-refractivity contribution in [2.45, 2.75) is 74.4 Å². The first-order valence-electron chi connectivity index (χ1n) is 17.1. The molecule has 5 aromatic rings. The van der Waals surface area contributed by atoms with E-state index in [2.05, 4.69) is 0 Å². The third-order valence-corrected chi connectivity index (χ3v) is 10.6. The summed E-state index contributed by atoms with van der Waals surface area (Å²) in [5.74, 6) is -0.932. The molecule has 0 amide bonds. The van der Waals surface area contributed by atoms with Gasteiger partial charge >= 0.3 is 0 Å². The zero-order valence-electron chi connectivity index (χ0n) is 28.8. The van der Waals surface area contributed by atoms with E-state index in [1.54, 1.807) is 12.1 Å². The summed E-state index contributed by atoms with van der Waals surface area (Å²) in [6.07, 6.45) is -4.38. The predicted octanol–water partition coefficient (Wildman–Crippen LogP) is 7.54. The second kappa shape index (κ2) is 14.8. The van der Waals surface area contributed by atoms with Crippen LogP contribution >= 0.6 is 0 Å². The van der Waals surface area contributed by atoms with Crippen molar-refractivity contribution < 1.29 is 36.3 Å². The van der Waals surface area contributed by atoms with Gasteiger partial charge in [-0.3, -0.25) is 4.18 Å². The van der Waals surface area contributed by atoms with Gasteiger partial charge in [0, 0.05) is 0 Å². The molecule has 2 aliphatic heterocycles. The lowest BCUT2D eigenvalue weighted by Gasteiger charge is -2.38. The second-order valence-electron chi connectivity index (χ2n) is 13.3. The summed E-state index contributed by atoms with van der Waals surface area (Å²) >= 11 is 0. The highest BCUT2D eigenvalue weighted by Crippen LogP contribution is 2.44. The first-order valence-corrected chi connectivity index (χ1v) is 18.5. The summed E-state index contributed by atoms with van der Waals surface area (Å²) in [5, 5.41) is 0. The standard InChI is InChI=1S/C42H42O8S/c1-30-24-26-35(27-25-30)51(43,44)50-36(37-38(45-28-31-16-8-4-9-17-31)39-40(47-37)49-41(2,3)48-39)29-46-42(32-18-10-5-11-19-32,33-20-12-6-13-21-33)34-22-14-7-15-23-34/h4-27,36-40H,28-29H2,1-3H3/t36?,37-,38-,39-,40-/m1/s1. The van der Waals surface area contributed by atoms with Crippen LogP contribution in [0.25, 0.3) is 0 Å². The van der Waals surface area contributed by atoms with Crippen LogP contribution in [-0.4, -0.2) is 51.5 Å². The molecule has 8 nitrogen and oxygen atoms in total. The SMILES string of the molecule is Cc1ccc(S(=O)(=O)OC(COC(c2ccccc2)(c2ccccc2)c2ccccc2)[C@H]2O[C@@H]3OC(C)(C)O[C@@H]3[C@@H]2OCc2ccccc2)cc1. The molecular weight excluding hydrogens is 665 g/mol. The van der Waals surface area contributed by atoms with Crippen molar-refractivity contribution in [1.82, 2.24) is 0 Å². The molecular formula is C42H42O8S. The fraction of sp³-hybridized carbons (Fsp3) is 0.286. The average Bonchev–Trinajstić information content (AvgIpc) is 3.63. The number of aryl methyl sites for hydroxylation is 1. The van der Waals surface area contributed by atoms with Gasteiger partial charge in [-0.1, -0.05) is 139 Å². The van der Waals surface area contributed by atoms with Gasteiger partial charge in [0.1, 0.15) is 30.0 Å². The lowest BCUT2D eigenvalue weighted by molar-refractivity contribution is -0.232. The molecule has 2 aliphatic rings. The van der Waals surface area contributed by atoms with Crippen LogP contribution in [0.4, 0.5) is 0 Å². The van der Waals surface area contributed by atoms with E-state index in [4.69, 9.17) is 27.9 Å². The summed E-state index contributed by atoms with van der Waals surface area (Å²) in [4.78, 5) is 0.0205. The summed E-state index contributed by atoms with van der Waals surface area (Å²) in [6.45, 7) is 5.54. The molecule has 0 aromatic heterocycles. The van der Waals surface area contributed by atoms with E-state index in [1.807, 2.05) is 142 Å². The van der Waals surface area contributed by atoms with E-state index < -0.39 is 52.2 Å². The highest BCUT2D eigenvalue weighted by atomic mass is 32.2. The van der Waals surface area contributed by atoms with E-state index >= 15 is 0 Å². The molecule has 264 valence electrons. The van der Waals surface area contributed by atoms with Crippen molar-refractivity contribution in [3.63, 3.8) is 0 Å². The molecule has 7 rings (SSSR count). The Hall–Kier alpha value is -4.19. The minimum absolute atomic E-state index is 0.0205. The minimum Gasteiger partial charge on any atom is -0.368 e. The topological polar surface area (TPSA) is 89.5 Å². The molecule has 1 unspecified atom stereocenters. The Morgan fingerprint density at radius 3 is 1.75 bits per heavy atom. The number of benzene rings is 5. The minimum atomic E-state index is -4.31. The lowest BCUT2D eigenvalue weighted by Crippen LogP contribution is -2.48. The number of rotatable bonds is 13. The zero-order valence-corrected chi connectivity index (χ0v) is 29.6. The van der Waals surface area contributed by atoms with Crippen LogP contribution in [0, 0.1) is 6.92 Å². The quantitative estimate of drug-likeness (QED) is 0.0917. The number of hydrogen-bond acceptors (Lipinski definition) is 8. The Morgan fingerprint density at radius 2 is 1.22 bits per heavy atom. The summed E-state index contributed by atoms with van der Waals surface area (Å²) < 4.78 is 66.9. The van der Waals surface area contributed by atoms with Crippen LogP contribution in [-0.2, 0) is 50.2 Å². The monoisotopic (exact) mass is 706 g/mol. The molecule has 0 aliphatic carbocycles. The van der Waals surface area contributed by atoms with Crippen LogP contribution in [0.1, 0.15) is 41.7 Å². The van der Waals surface area contributed by atoms with E-state index in [0.29, 0.717) is 0 Å². The van der Waals surface area contributed by atoms with Crippen LogP contribution in [0.5, 0.6) is 0 Å². The van der Waals surface area contributed by atoms with E-state index in [1.165, 1.54) is 12.1 Å². The molecule has 0 radical (unpaired) electrons. The summed E-state index contributed by atoms with van der Waals surface area (Å²) in [6, 6.07) is 45.9. The Labute approximate surface area is 300 Å². The highest BCUT2D eigenvalue weighted by Gasteiger charge is 2.58. The maximum atomic E-state index is 14.0. The molecule has 2 fully saturated rings. The maximum Gasteiger partial charge on any atom is 0.297 e. The molecule has 0 N–H and O–H groups in total. The Bertz CT molecular complexity index is 1870. The van der Waals surface area contributed by atoms with Crippen LogP contribution in [0.3, 0.4) is 0 Å². The van der Waals surface area contributed by atoms with Gasteiger partial charge in [-0.05, 0) is 55.2 Å². The zero-order chi connectivity index (χ0) is 35.5. The van der Waals surface area contributed by atoms with Crippen LogP contribution < -0.4 is 0 Å². The number of ether oxygens (including phenoxy) is 5. The average molecular weight is 707 g/mol. The summed E-state index contributed by atoms with van der Waals surface area (Å²) in [5.41, 5.74) is 3.29. The molecule has 0 saturated carbocycles. The van der Waals surface area contributed by atoms with E-state index in [0.717, 1.165) is 27.8 Å². The van der Waals surface area contributed by atoms with Crippen molar-refractivity contribution in [1.29, 1.82) is 0 Å². The van der Waals surface area contributed by atoms with Crippen molar-refractivity contribution in [2.75, 3.05) is 6.61 Å². The molecule has 51 heavy (non-hydrogen) atoms. The van der Waals surface area contributed by atoms with Gasteiger partial charge in [-0.25, -0.2) is 0 Å². The van der Waals surface area contributed by atoms with Gasteiger partial charge in [0.25, 0.3) is 10.1 Å². The normalized spacial score (nSPS) is 22.0. The fourth-order valence-electron chi connectivity index (χ4n) is 6.84. The third kappa shape index (κ3) is 7.56. The molecule has 5 aromatic carbocycles. The number of hydrogen-bond donors (Lipinski definition) is 0. The van der Waals surface area contributed by atoms with Crippen LogP contribution in [0.15, 0.2) is 150 Å². The smallest absolute Gasteiger partial charge is 0.297 e. The largest absolute Gasteiger partial charge is 0.368 e. The predicted molar refractivity (Wildman–Crippen MR) is 192 cm³/mol.